The monoisotopic (exact) mass is 299 g/mol. The average molecular weight is 299 g/mol. The summed E-state index contributed by atoms with van der Waals surface area (Å²) in [5, 5.41) is 8.45. The highest BCUT2D eigenvalue weighted by Crippen LogP contribution is 2.13. The van der Waals surface area contributed by atoms with E-state index in [0.29, 0.717) is 5.69 Å². The topological polar surface area (TPSA) is 71.8 Å². The van der Waals surface area contributed by atoms with Crippen molar-refractivity contribution in [3.63, 3.8) is 0 Å². The molecule has 0 aliphatic rings. The summed E-state index contributed by atoms with van der Waals surface area (Å²) < 4.78 is 37.3. The number of rotatable bonds is 5. The van der Waals surface area contributed by atoms with Crippen molar-refractivity contribution in [3.05, 3.63) is 36.9 Å². The van der Waals surface area contributed by atoms with Gasteiger partial charge in [-0.3, -0.25) is 4.79 Å². The minimum absolute atomic E-state index is 0.412. The van der Waals surface area contributed by atoms with Crippen LogP contribution in [0.15, 0.2) is 36.9 Å². The molecular formula is C12H12F3N5O. The molecule has 1 amide bonds. The Kier molecular flexibility index (Phi) is 4.53. The molecule has 0 aliphatic heterocycles. The molecule has 2 rings (SSSR count). The summed E-state index contributed by atoms with van der Waals surface area (Å²) in [7, 11) is 0. The van der Waals surface area contributed by atoms with E-state index in [9.17, 15) is 18.0 Å². The highest BCUT2D eigenvalue weighted by Gasteiger charge is 2.26. The second-order valence-corrected chi connectivity index (χ2v) is 4.15. The van der Waals surface area contributed by atoms with Crippen LogP contribution in [0.5, 0.6) is 0 Å². The predicted molar refractivity (Wildman–Crippen MR) is 68.9 cm³/mol. The first-order chi connectivity index (χ1) is 9.94. The van der Waals surface area contributed by atoms with E-state index >= 15 is 0 Å². The summed E-state index contributed by atoms with van der Waals surface area (Å²) in [5.74, 6) is -0.548. The molecule has 1 aromatic heterocycles. The molecule has 0 spiro atoms. The zero-order valence-electron chi connectivity index (χ0n) is 10.8. The van der Waals surface area contributed by atoms with Gasteiger partial charge in [0.2, 0.25) is 5.91 Å². The zero-order chi connectivity index (χ0) is 15.3. The van der Waals surface area contributed by atoms with Crippen LogP contribution in [0.1, 0.15) is 0 Å². The highest BCUT2D eigenvalue weighted by atomic mass is 19.4. The van der Waals surface area contributed by atoms with Gasteiger partial charge >= 0.3 is 6.18 Å². The molecule has 0 unspecified atom stereocenters. The third-order valence-electron chi connectivity index (χ3n) is 2.45. The summed E-state index contributed by atoms with van der Waals surface area (Å²) in [6.45, 7) is -1.62. The van der Waals surface area contributed by atoms with Crippen molar-refractivity contribution >= 4 is 11.6 Å². The number of hydrogen-bond acceptors (Lipinski definition) is 4. The van der Waals surface area contributed by atoms with E-state index in [1.807, 2.05) is 5.32 Å². The Bertz CT molecular complexity index is 580. The summed E-state index contributed by atoms with van der Waals surface area (Å²) >= 11 is 0. The van der Waals surface area contributed by atoms with Crippen molar-refractivity contribution in [2.45, 2.75) is 6.18 Å². The number of nitrogens with one attached hydrogen (secondary N) is 2. The van der Waals surface area contributed by atoms with Crippen LogP contribution in [0.3, 0.4) is 0 Å². The second-order valence-electron chi connectivity index (χ2n) is 4.15. The number of benzene rings is 1. The molecule has 0 saturated heterocycles. The molecule has 0 aliphatic carbocycles. The van der Waals surface area contributed by atoms with Gasteiger partial charge in [-0.15, -0.1) is 0 Å². The van der Waals surface area contributed by atoms with E-state index in [4.69, 9.17) is 0 Å². The standard InChI is InChI=1S/C12H12F3N5O/c13-12(14,15)6-16-5-11(21)19-9-1-3-10(4-2-9)20-8-17-7-18-20/h1-4,7-8,16H,5-6H2,(H,19,21). The number of halogens is 3. The molecule has 2 aromatic rings. The Balaban J connectivity index is 1.84. The van der Waals surface area contributed by atoms with Crippen molar-refractivity contribution < 1.29 is 18.0 Å². The lowest BCUT2D eigenvalue weighted by molar-refractivity contribution is -0.126. The molecule has 6 nitrogen and oxygen atoms in total. The lowest BCUT2D eigenvalue weighted by atomic mass is 10.3. The maximum Gasteiger partial charge on any atom is 0.401 e. The molecule has 0 saturated carbocycles. The largest absolute Gasteiger partial charge is 0.401 e. The van der Waals surface area contributed by atoms with Gasteiger partial charge in [-0.1, -0.05) is 0 Å². The second kappa shape index (κ2) is 6.35. The van der Waals surface area contributed by atoms with E-state index < -0.39 is 25.2 Å². The number of carbonyl (C=O) groups excluding carboxylic acids is 1. The summed E-state index contributed by atoms with van der Waals surface area (Å²) in [5.41, 5.74) is 1.23. The Labute approximate surface area is 118 Å². The smallest absolute Gasteiger partial charge is 0.325 e. The van der Waals surface area contributed by atoms with Crippen LogP contribution in [-0.4, -0.2) is 39.9 Å². The fourth-order valence-electron chi connectivity index (χ4n) is 1.56. The normalized spacial score (nSPS) is 11.4. The maximum atomic E-state index is 11.9. The Morgan fingerprint density at radius 3 is 2.52 bits per heavy atom. The van der Waals surface area contributed by atoms with Crippen LogP contribution in [0, 0.1) is 0 Å². The highest BCUT2D eigenvalue weighted by molar-refractivity contribution is 5.92. The summed E-state index contributed by atoms with van der Waals surface area (Å²) in [6, 6.07) is 6.65. The van der Waals surface area contributed by atoms with Gasteiger partial charge in [0.05, 0.1) is 18.8 Å². The van der Waals surface area contributed by atoms with E-state index in [1.165, 1.54) is 17.3 Å². The van der Waals surface area contributed by atoms with Gasteiger partial charge in [0.1, 0.15) is 12.7 Å². The van der Waals surface area contributed by atoms with Gasteiger partial charge in [0.15, 0.2) is 0 Å². The minimum Gasteiger partial charge on any atom is -0.325 e. The van der Waals surface area contributed by atoms with Crippen LogP contribution < -0.4 is 10.6 Å². The molecule has 0 atom stereocenters. The van der Waals surface area contributed by atoms with E-state index in [-0.39, 0.29) is 0 Å². The van der Waals surface area contributed by atoms with Crippen molar-refractivity contribution in [3.8, 4) is 5.69 Å². The number of alkyl halides is 3. The van der Waals surface area contributed by atoms with Gasteiger partial charge in [0, 0.05) is 5.69 Å². The Hall–Kier alpha value is -2.42. The molecule has 9 heteroatoms. The maximum absolute atomic E-state index is 11.9. The third kappa shape index (κ3) is 4.88. The van der Waals surface area contributed by atoms with Crippen molar-refractivity contribution in [2.75, 3.05) is 18.4 Å². The van der Waals surface area contributed by atoms with Crippen molar-refractivity contribution in [2.24, 2.45) is 0 Å². The summed E-state index contributed by atoms with van der Waals surface area (Å²) in [6.07, 6.45) is -1.42. The molecule has 0 bridgehead atoms. The van der Waals surface area contributed by atoms with Crippen LogP contribution in [0.2, 0.25) is 0 Å². The van der Waals surface area contributed by atoms with Gasteiger partial charge in [-0.05, 0) is 24.3 Å². The van der Waals surface area contributed by atoms with Gasteiger partial charge in [0.25, 0.3) is 0 Å². The zero-order valence-corrected chi connectivity index (χ0v) is 10.8. The van der Waals surface area contributed by atoms with E-state index in [1.54, 1.807) is 24.3 Å². The molecule has 2 N–H and O–H groups in total. The molecule has 21 heavy (non-hydrogen) atoms. The van der Waals surface area contributed by atoms with E-state index in [2.05, 4.69) is 15.4 Å². The first kappa shape index (κ1) is 15.0. The number of aromatic nitrogens is 3. The quantitative estimate of drug-likeness (QED) is 0.874. The molecule has 1 heterocycles. The number of carbonyl (C=O) groups is 1. The fourth-order valence-corrected chi connectivity index (χ4v) is 1.56. The third-order valence-corrected chi connectivity index (χ3v) is 2.45. The molecule has 1 aromatic carbocycles. The number of hydrogen-bond donors (Lipinski definition) is 2. The van der Waals surface area contributed by atoms with Gasteiger partial charge in [-0.2, -0.15) is 18.3 Å². The number of anilines is 1. The molecule has 0 fully saturated rings. The molecule has 112 valence electrons. The first-order valence-electron chi connectivity index (χ1n) is 5.96. The fraction of sp³-hybridized carbons (Fsp3) is 0.250. The van der Waals surface area contributed by atoms with Gasteiger partial charge < -0.3 is 10.6 Å². The lowest BCUT2D eigenvalue weighted by Gasteiger charge is -2.09. The van der Waals surface area contributed by atoms with E-state index in [0.717, 1.165) is 5.69 Å². The predicted octanol–water partition coefficient (Wildman–Crippen LogP) is 1.36. The lowest BCUT2D eigenvalue weighted by Crippen LogP contribution is -2.35. The van der Waals surface area contributed by atoms with Crippen molar-refractivity contribution in [1.82, 2.24) is 20.1 Å². The minimum atomic E-state index is -4.33. The molecule has 0 radical (unpaired) electrons. The van der Waals surface area contributed by atoms with Crippen molar-refractivity contribution in [1.29, 1.82) is 0 Å². The van der Waals surface area contributed by atoms with Crippen LogP contribution in [-0.2, 0) is 4.79 Å². The summed E-state index contributed by atoms with van der Waals surface area (Å²) in [4.78, 5) is 15.2. The van der Waals surface area contributed by atoms with Crippen LogP contribution >= 0.6 is 0 Å². The SMILES string of the molecule is O=C(CNCC(F)(F)F)Nc1ccc(-n2cncn2)cc1. The Morgan fingerprint density at radius 1 is 1.24 bits per heavy atom. The number of amides is 1. The number of nitrogens with zero attached hydrogens (tertiary/aromatic N) is 3. The first-order valence-corrected chi connectivity index (χ1v) is 5.96. The van der Waals surface area contributed by atoms with Crippen LogP contribution in [0.25, 0.3) is 5.69 Å². The van der Waals surface area contributed by atoms with Gasteiger partial charge in [-0.25, -0.2) is 9.67 Å². The van der Waals surface area contributed by atoms with Crippen LogP contribution in [0.4, 0.5) is 18.9 Å². The average Bonchev–Trinajstić information content (AvgIpc) is 2.92. The molecular weight excluding hydrogens is 287 g/mol. The Morgan fingerprint density at radius 2 is 1.95 bits per heavy atom.